The molecule has 0 heterocycles. The minimum absolute atomic E-state index is 0.543. The van der Waals surface area contributed by atoms with Crippen molar-refractivity contribution in [1.29, 1.82) is 0 Å². The van der Waals surface area contributed by atoms with E-state index >= 15 is 0 Å². The summed E-state index contributed by atoms with van der Waals surface area (Å²) in [5.41, 5.74) is 2.59. The Morgan fingerprint density at radius 1 is 1.12 bits per heavy atom. The fourth-order valence-corrected chi connectivity index (χ4v) is 1.48. The Hall–Kier alpha value is -0.980. The van der Waals surface area contributed by atoms with Crippen LogP contribution in [-0.2, 0) is 0 Å². The van der Waals surface area contributed by atoms with Gasteiger partial charge in [-0.15, -0.1) is 0 Å². The molecular weight excluding hydrogens is 194 g/mol. The zero-order chi connectivity index (χ0) is 12.6. The lowest BCUT2D eigenvalue weighted by molar-refractivity contribution is 0.494. The molecule has 1 nitrogen and oxygen atoms in total. The van der Waals surface area contributed by atoms with Crippen LogP contribution >= 0.6 is 0 Å². The van der Waals surface area contributed by atoms with Gasteiger partial charge in [0.1, 0.15) is 0 Å². The van der Waals surface area contributed by atoms with Gasteiger partial charge in [0.2, 0.25) is 0 Å². The zero-order valence-corrected chi connectivity index (χ0v) is 11.7. The van der Waals surface area contributed by atoms with E-state index in [2.05, 4.69) is 57.3 Å². The maximum atomic E-state index is 3.56. The molecule has 0 fully saturated rings. The molecule has 1 heteroatoms. The van der Waals surface area contributed by atoms with Gasteiger partial charge in [0.15, 0.2) is 0 Å². The van der Waals surface area contributed by atoms with Gasteiger partial charge in [0.25, 0.3) is 0 Å². The number of nitrogens with one attached hydrogen (secondary N) is 1. The zero-order valence-electron chi connectivity index (χ0n) is 11.7. The van der Waals surface area contributed by atoms with E-state index in [-0.39, 0.29) is 0 Å². The topological polar surface area (TPSA) is 12.0 Å². The van der Waals surface area contributed by atoms with Gasteiger partial charge in [-0.25, -0.2) is 0 Å². The molecule has 0 aliphatic rings. The Labute approximate surface area is 101 Å². The van der Waals surface area contributed by atoms with Crippen LogP contribution in [0.25, 0.3) is 0 Å². The van der Waals surface area contributed by atoms with Gasteiger partial charge in [-0.3, -0.25) is 0 Å². The Morgan fingerprint density at radius 2 is 1.69 bits per heavy atom. The average Bonchev–Trinajstić information content (AvgIpc) is 2.33. The highest BCUT2D eigenvalue weighted by Crippen LogP contribution is 2.18. The Balaban J connectivity index is 0.00000106. The number of para-hydroxylation sites is 1. The molecule has 2 unspecified atom stereocenters. The summed E-state index contributed by atoms with van der Waals surface area (Å²) in [5, 5.41) is 3.56. The van der Waals surface area contributed by atoms with Crippen LogP contribution < -0.4 is 5.32 Å². The molecule has 1 rings (SSSR count). The smallest absolute Gasteiger partial charge is 0.0372 e. The van der Waals surface area contributed by atoms with Crippen LogP contribution in [0.1, 0.15) is 46.6 Å². The van der Waals surface area contributed by atoms with Crippen molar-refractivity contribution in [2.24, 2.45) is 5.92 Å². The number of rotatable bonds is 4. The standard InChI is InChI=1S/C13H21N.C2H6/c1-5-10(2)12(4)14-13-9-7-6-8-11(13)3;1-2/h6-10,12,14H,5H2,1-4H3;1-2H3. The van der Waals surface area contributed by atoms with Gasteiger partial charge in [-0.05, 0) is 31.4 Å². The van der Waals surface area contributed by atoms with E-state index < -0.39 is 0 Å². The predicted octanol–water partition coefficient (Wildman–Crippen LogP) is 4.87. The van der Waals surface area contributed by atoms with E-state index in [4.69, 9.17) is 0 Å². The molecule has 2 atom stereocenters. The van der Waals surface area contributed by atoms with E-state index in [1.807, 2.05) is 13.8 Å². The summed E-state index contributed by atoms with van der Waals surface area (Å²) in [6, 6.07) is 8.99. The third-order valence-electron chi connectivity index (χ3n) is 3.03. The molecule has 0 spiro atoms. The second-order valence-corrected chi connectivity index (χ2v) is 4.13. The SMILES string of the molecule is CC.CCC(C)C(C)Nc1ccccc1C. The van der Waals surface area contributed by atoms with Gasteiger partial charge in [-0.1, -0.05) is 52.3 Å². The average molecular weight is 221 g/mol. The van der Waals surface area contributed by atoms with Gasteiger partial charge in [-0.2, -0.15) is 0 Å². The molecular formula is C15H27N. The second-order valence-electron chi connectivity index (χ2n) is 4.13. The summed E-state index contributed by atoms with van der Waals surface area (Å²) < 4.78 is 0. The fraction of sp³-hybridized carbons (Fsp3) is 0.600. The van der Waals surface area contributed by atoms with Crippen molar-refractivity contribution in [3.63, 3.8) is 0 Å². The third-order valence-corrected chi connectivity index (χ3v) is 3.03. The number of aryl methyl sites for hydroxylation is 1. The van der Waals surface area contributed by atoms with E-state index in [0.29, 0.717) is 6.04 Å². The second kappa shape index (κ2) is 8.20. The molecule has 16 heavy (non-hydrogen) atoms. The summed E-state index contributed by atoms with van der Waals surface area (Å²) in [6.45, 7) is 12.9. The van der Waals surface area contributed by atoms with Crippen molar-refractivity contribution in [3.8, 4) is 0 Å². The summed E-state index contributed by atoms with van der Waals surface area (Å²) in [4.78, 5) is 0. The highest BCUT2D eigenvalue weighted by Gasteiger charge is 2.09. The van der Waals surface area contributed by atoms with Crippen LogP contribution in [0.5, 0.6) is 0 Å². The van der Waals surface area contributed by atoms with Crippen LogP contribution in [0.2, 0.25) is 0 Å². The highest BCUT2D eigenvalue weighted by molar-refractivity contribution is 5.50. The molecule has 0 aromatic heterocycles. The van der Waals surface area contributed by atoms with E-state index in [1.54, 1.807) is 0 Å². The normalized spacial score (nSPS) is 13.4. The van der Waals surface area contributed by atoms with Crippen LogP contribution in [0.3, 0.4) is 0 Å². The first-order valence-electron chi connectivity index (χ1n) is 6.47. The van der Waals surface area contributed by atoms with Crippen molar-refractivity contribution in [2.45, 2.75) is 54.0 Å². The molecule has 0 aliphatic heterocycles. The maximum Gasteiger partial charge on any atom is 0.0372 e. The van der Waals surface area contributed by atoms with Crippen molar-refractivity contribution >= 4 is 5.69 Å². The molecule has 1 aromatic rings. The quantitative estimate of drug-likeness (QED) is 0.765. The molecule has 0 bridgehead atoms. The van der Waals surface area contributed by atoms with Crippen LogP contribution in [-0.4, -0.2) is 6.04 Å². The number of benzene rings is 1. The number of anilines is 1. The third kappa shape index (κ3) is 4.69. The Morgan fingerprint density at radius 3 is 2.19 bits per heavy atom. The number of hydrogen-bond acceptors (Lipinski definition) is 1. The van der Waals surface area contributed by atoms with Crippen LogP contribution in [0.4, 0.5) is 5.69 Å². The number of hydrogen-bond donors (Lipinski definition) is 1. The maximum absolute atomic E-state index is 3.56. The van der Waals surface area contributed by atoms with Gasteiger partial charge >= 0.3 is 0 Å². The summed E-state index contributed by atoms with van der Waals surface area (Å²) in [7, 11) is 0. The molecule has 0 amide bonds. The first-order chi connectivity index (χ1) is 7.65. The first-order valence-corrected chi connectivity index (χ1v) is 6.47. The monoisotopic (exact) mass is 221 g/mol. The lowest BCUT2D eigenvalue weighted by Gasteiger charge is -2.22. The Bertz CT molecular complexity index is 281. The molecule has 0 aliphatic carbocycles. The predicted molar refractivity (Wildman–Crippen MR) is 75.1 cm³/mol. The Kier molecular flexibility index (Phi) is 7.70. The molecule has 0 saturated carbocycles. The molecule has 1 N–H and O–H groups in total. The van der Waals surface area contributed by atoms with Gasteiger partial charge in [0.05, 0.1) is 0 Å². The van der Waals surface area contributed by atoms with Crippen molar-refractivity contribution in [1.82, 2.24) is 0 Å². The summed E-state index contributed by atoms with van der Waals surface area (Å²) in [6.07, 6.45) is 1.22. The van der Waals surface area contributed by atoms with Crippen molar-refractivity contribution in [3.05, 3.63) is 29.8 Å². The molecule has 0 saturated heterocycles. The molecule has 1 aromatic carbocycles. The summed E-state index contributed by atoms with van der Waals surface area (Å²) >= 11 is 0. The minimum atomic E-state index is 0.543. The van der Waals surface area contributed by atoms with E-state index in [1.165, 1.54) is 17.7 Å². The first kappa shape index (κ1) is 15.0. The molecule has 92 valence electrons. The lowest BCUT2D eigenvalue weighted by atomic mass is 10.0. The van der Waals surface area contributed by atoms with Crippen molar-refractivity contribution in [2.75, 3.05) is 5.32 Å². The van der Waals surface area contributed by atoms with E-state index in [9.17, 15) is 0 Å². The lowest BCUT2D eigenvalue weighted by Crippen LogP contribution is -2.23. The van der Waals surface area contributed by atoms with Crippen molar-refractivity contribution < 1.29 is 0 Å². The largest absolute Gasteiger partial charge is 0.382 e. The highest BCUT2D eigenvalue weighted by atomic mass is 14.9. The van der Waals surface area contributed by atoms with Gasteiger partial charge < -0.3 is 5.32 Å². The fourth-order valence-electron chi connectivity index (χ4n) is 1.48. The van der Waals surface area contributed by atoms with Crippen LogP contribution in [0.15, 0.2) is 24.3 Å². The van der Waals surface area contributed by atoms with Crippen LogP contribution in [0, 0.1) is 12.8 Å². The molecule has 0 radical (unpaired) electrons. The minimum Gasteiger partial charge on any atom is -0.382 e. The summed E-state index contributed by atoms with van der Waals surface area (Å²) in [5.74, 6) is 0.717. The van der Waals surface area contributed by atoms with E-state index in [0.717, 1.165) is 5.92 Å². The van der Waals surface area contributed by atoms with Gasteiger partial charge in [0, 0.05) is 11.7 Å².